The molecule has 0 bridgehead atoms. The van der Waals surface area contributed by atoms with Gasteiger partial charge in [-0.05, 0) is 29.8 Å². The molecule has 1 N–H and O–H groups in total. The van der Waals surface area contributed by atoms with Gasteiger partial charge < -0.3 is 19.4 Å². The minimum absolute atomic E-state index is 0.0221. The van der Waals surface area contributed by atoms with Crippen molar-refractivity contribution in [3.05, 3.63) is 66.6 Å². The smallest absolute Gasteiger partial charge is 0.287 e. The minimum atomic E-state index is -0.377. The molecule has 2 heterocycles. The van der Waals surface area contributed by atoms with Crippen LogP contribution in [0.2, 0.25) is 0 Å². The van der Waals surface area contributed by atoms with E-state index in [2.05, 4.69) is 28.9 Å². The molecule has 0 radical (unpaired) electrons. The predicted octanol–water partition coefficient (Wildman–Crippen LogP) is 1.92. The van der Waals surface area contributed by atoms with E-state index in [0.29, 0.717) is 19.7 Å². The number of benzene rings is 1. The molecule has 1 fully saturated rings. The Morgan fingerprint density at radius 1 is 1.14 bits per heavy atom. The molecule has 3 rings (SSSR count). The van der Waals surface area contributed by atoms with Gasteiger partial charge in [-0.15, -0.1) is 0 Å². The van der Waals surface area contributed by atoms with Crippen molar-refractivity contribution in [2.75, 3.05) is 39.3 Å². The monoisotopic (exact) mass is 383 g/mol. The molecule has 0 spiro atoms. The second-order valence-corrected chi connectivity index (χ2v) is 6.56. The van der Waals surface area contributed by atoms with Gasteiger partial charge in [-0.2, -0.15) is 0 Å². The number of carbonyl (C=O) groups excluding carboxylic acids is 2. The van der Waals surface area contributed by atoms with Crippen LogP contribution < -0.4 is 10.1 Å². The topological polar surface area (TPSA) is 75.0 Å². The van der Waals surface area contributed by atoms with Crippen LogP contribution in [0.25, 0.3) is 0 Å². The summed E-state index contributed by atoms with van der Waals surface area (Å²) in [5, 5.41) is 2.60. The Hall–Kier alpha value is -3.06. The maximum absolute atomic E-state index is 12.3. The van der Waals surface area contributed by atoms with Crippen LogP contribution in [0.5, 0.6) is 5.75 Å². The lowest BCUT2D eigenvalue weighted by molar-refractivity contribution is -0.131. The van der Waals surface area contributed by atoms with Crippen LogP contribution in [-0.2, 0) is 11.3 Å². The Morgan fingerprint density at radius 3 is 2.54 bits per heavy atom. The molecule has 1 saturated heterocycles. The number of amides is 2. The highest BCUT2D eigenvalue weighted by Gasteiger charge is 2.21. The summed E-state index contributed by atoms with van der Waals surface area (Å²) in [5.74, 6) is 0.579. The van der Waals surface area contributed by atoms with Crippen molar-refractivity contribution in [3.8, 4) is 5.75 Å². The second kappa shape index (κ2) is 9.75. The molecule has 7 heteroatoms. The van der Waals surface area contributed by atoms with Crippen molar-refractivity contribution in [1.82, 2.24) is 15.1 Å². The summed E-state index contributed by atoms with van der Waals surface area (Å²) in [6, 6.07) is 11.2. The molecule has 2 amide bonds. The summed E-state index contributed by atoms with van der Waals surface area (Å²) in [7, 11) is 0. The van der Waals surface area contributed by atoms with Gasteiger partial charge in [0.25, 0.3) is 5.91 Å². The van der Waals surface area contributed by atoms with Crippen molar-refractivity contribution < 1.29 is 18.7 Å². The molecule has 1 aliphatic rings. The minimum Gasteiger partial charge on any atom is -0.490 e. The number of hydrogen-bond donors (Lipinski definition) is 1. The van der Waals surface area contributed by atoms with Gasteiger partial charge in [-0.1, -0.05) is 24.8 Å². The third-order valence-electron chi connectivity index (χ3n) is 4.57. The fourth-order valence-electron chi connectivity index (χ4n) is 3.02. The Labute approximate surface area is 164 Å². The first-order valence-corrected chi connectivity index (χ1v) is 9.30. The Balaban J connectivity index is 1.39. The summed E-state index contributed by atoms with van der Waals surface area (Å²) < 4.78 is 10.5. The van der Waals surface area contributed by atoms with Crippen LogP contribution in [0, 0.1) is 0 Å². The van der Waals surface area contributed by atoms with Gasteiger partial charge in [-0.25, -0.2) is 0 Å². The maximum Gasteiger partial charge on any atom is 0.287 e. The maximum atomic E-state index is 12.3. The molecule has 0 saturated carbocycles. The number of rotatable bonds is 8. The highest BCUT2D eigenvalue weighted by molar-refractivity contribution is 5.94. The zero-order chi connectivity index (χ0) is 19.8. The highest BCUT2D eigenvalue weighted by Crippen LogP contribution is 2.15. The van der Waals surface area contributed by atoms with Crippen LogP contribution >= 0.6 is 0 Å². The zero-order valence-electron chi connectivity index (χ0n) is 15.8. The predicted molar refractivity (Wildman–Crippen MR) is 105 cm³/mol. The molecule has 0 atom stereocenters. The van der Waals surface area contributed by atoms with E-state index in [9.17, 15) is 9.59 Å². The fourth-order valence-corrected chi connectivity index (χ4v) is 3.02. The standard InChI is InChI=1S/C21H25N3O4/c1-2-13-27-18-7-5-17(6-8-18)16-23-9-11-24(12-10-23)20(25)15-22-21(26)19-4-3-14-28-19/h2-8,14H,1,9-13,15-16H2,(H,22,26). The van der Waals surface area contributed by atoms with Crippen molar-refractivity contribution in [2.45, 2.75) is 6.54 Å². The van der Waals surface area contributed by atoms with Gasteiger partial charge in [-0.3, -0.25) is 14.5 Å². The number of nitrogens with zero attached hydrogens (tertiary/aromatic N) is 2. The quantitative estimate of drug-likeness (QED) is 0.705. The number of furan rings is 1. The summed E-state index contributed by atoms with van der Waals surface area (Å²) >= 11 is 0. The van der Waals surface area contributed by atoms with Crippen LogP contribution in [0.1, 0.15) is 16.1 Å². The fraction of sp³-hybridized carbons (Fsp3) is 0.333. The van der Waals surface area contributed by atoms with E-state index < -0.39 is 0 Å². The molecule has 0 aliphatic carbocycles. The first-order valence-electron chi connectivity index (χ1n) is 9.30. The lowest BCUT2D eigenvalue weighted by Gasteiger charge is -2.34. The van der Waals surface area contributed by atoms with E-state index in [4.69, 9.17) is 9.15 Å². The van der Waals surface area contributed by atoms with Gasteiger partial charge in [0.15, 0.2) is 5.76 Å². The van der Waals surface area contributed by atoms with E-state index in [0.717, 1.165) is 25.4 Å². The van der Waals surface area contributed by atoms with Crippen LogP contribution in [0.4, 0.5) is 0 Å². The summed E-state index contributed by atoms with van der Waals surface area (Å²) in [6.07, 6.45) is 3.15. The third-order valence-corrected chi connectivity index (χ3v) is 4.57. The lowest BCUT2D eigenvalue weighted by Crippen LogP contribution is -2.50. The number of carbonyl (C=O) groups is 2. The normalized spacial score (nSPS) is 14.5. The Bertz CT molecular complexity index is 778. The largest absolute Gasteiger partial charge is 0.490 e. The van der Waals surface area contributed by atoms with E-state index in [1.807, 2.05) is 12.1 Å². The summed E-state index contributed by atoms with van der Waals surface area (Å²) in [4.78, 5) is 28.2. The average Bonchev–Trinajstić information content (AvgIpc) is 3.27. The Morgan fingerprint density at radius 2 is 1.89 bits per heavy atom. The third kappa shape index (κ3) is 5.47. The van der Waals surface area contributed by atoms with Gasteiger partial charge >= 0.3 is 0 Å². The average molecular weight is 383 g/mol. The van der Waals surface area contributed by atoms with Gasteiger partial charge in [0.2, 0.25) is 5.91 Å². The molecule has 2 aromatic rings. The summed E-state index contributed by atoms with van der Waals surface area (Å²) in [5.41, 5.74) is 1.21. The van der Waals surface area contributed by atoms with E-state index in [1.54, 1.807) is 23.1 Å². The highest BCUT2D eigenvalue weighted by atomic mass is 16.5. The van der Waals surface area contributed by atoms with Crippen molar-refractivity contribution >= 4 is 11.8 Å². The second-order valence-electron chi connectivity index (χ2n) is 6.56. The molecule has 148 valence electrons. The van der Waals surface area contributed by atoms with Crippen molar-refractivity contribution in [3.63, 3.8) is 0 Å². The Kier molecular flexibility index (Phi) is 6.86. The molecule has 1 aliphatic heterocycles. The molecule has 7 nitrogen and oxygen atoms in total. The van der Waals surface area contributed by atoms with Gasteiger partial charge in [0, 0.05) is 32.7 Å². The van der Waals surface area contributed by atoms with Crippen LogP contribution in [0.3, 0.4) is 0 Å². The number of ether oxygens (including phenoxy) is 1. The molecular formula is C21H25N3O4. The van der Waals surface area contributed by atoms with Crippen molar-refractivity contribution in [1.29, 1.82) is 0 Å². The molecule has 28 heavy (non-hydrogen) atoms. The molecule has 1 aromatic heterocycles. The first-order chi connectivity index (χ1) is 13.7. The van der Waals surface area contributed by atoms with Gasteiger partial charge in [0.05, 0.1) is 12.8 Å². The molecule has 0 unspecified atom stereocenters. The van der Waals surface area contributed by atoms with E-state index >= 15 is 0 Å². The number of nitrogens with one attached hydrogen (secondary N) is 1. The zero-order valence-corrected chi connectivity index (χ0v) is 15.8. The van der Waals surface area contributed by atoms with Gasteiger partial charge in [0.1, 0.15) is 12.4 Å². The SMILES string of the molecule is C=CCOc1ccc(CN2CCN(C(=O)CNC(=O)c3ccco3)CC2)cc1. The van der Waals surface area contributed by atoms with Crippen LogP contribution in [0.15, 0.2) is 59.7 Å². The summed E-state index contributed by atoms with van der Waals surface area (Å²) in [6.45, 7) is 7.84. The number of piperazine rings is 1. The lowest BCUT2D eigenvalue weighted by atomic mass is 10.2. The van der Waals surface area contributed by atoms with E-state index in [1.165, 1.54) is 11.8 Å². The molecule has 1 aromatic carbocycles. The number of hydrogen-bond acceptors (Lipinski definition) is 5. The van der Waals surface area contributed by atoms with Crippen LogP contribution in [-0.4, -0.2) is 60.9 Å². The van der Waals surface area contributed by atoms with E-state index in [-0.39, 0.29) is 24.1 Å². The van der Waals surface area contributed by atoms with Crippen molar-refractivity contribution in [2.24, 2.45) is 0 Å². The first kappa shape index (κ1) is 19.7. The molecular weight excluding hydrogens is 358 g/mol.